The van der Waals surface area contributed by atoms with Gasteiger partial charge in [0.25, 0.3) is 5.69 Å². The predicted molar refractivity (Wildman–Crippen MR) is 79.2 cm³/mol. The minimum atomic E-state index is -1.05. The second-order valence-electron chi connectivity index (χ2n) is 4.44. The number of nitro groups is 1. The molecule has 21 heavy (non-hydrogen) atoms. The molecule has 6 heteroatoms. The van der Waals surface area contributed by atoms with Gasteiger partial charge < -0.3 is 5.11 Å². The molecule has 1 aliphatic rings. The quantitative estimate of drug-likeness (QED) is 0.675. The van der Waals surface area contributed by atoms with E-state index in [0.717, 1.165) is 9.79 Å². The van der Waals surface area contributed by atoms with E-state index in [2.05, 4.69) is 0 Å². The van der Waals surface area contributed by atoms with E-state index in [1.807, 2.05) is 12.1 Å². The van der Waals surface area contributed by atoms with Crippen molar-refractivity contribution in [1.82, 2.24) is 0 Å². The van der Waals surface area contributed by atoms with Gasteiger partial charge in [-0.1, -0.05) is 30.0 Å². The van der Waals surface area contributed by atoms with Crippen LogP contribution in [-0.2, 0) is 4.79 Å². The van der Waals surface area contributed by atoms with Crippen molar-refractivity contribution in [3.8, 4) is 0 Å². The number of hydrogen-bond acceptors (Lipinski definition) is 4. The Morgan fingerprint density at radius 2 is 1.90 bits per heavy atom. The van der Waals surface area contributed by atoms with Crippen molar-refractivity contribution in [2.45, 2.75) is 9.79 Å². The van der Waals surface area contributed by atoms with Crippen LogP contribution in [0, 0.1) is 10.1 Å². The first-order valence-corrected chi connectivity index (χ1v) is 6.88. The second kappa shape index (κ2) is 5.06. The van der Waals surface area contributed by atoms with Gasteiger partial charge in [-0.2, -0.15) is 0 Å². The van der Waals surface area contributed by atoms with Crippen molar-refractivity contribution in [2.24, 2.45) is 0 Å². The van der Waals surface area contributed by atoms with Gasteiger partial charge in [0.05, 0.1) is 10.5 Å². The molecular formula is C15H9NO4S. The Kier molecular flexibility index (Phi) is 3.23. The summed E-state index contributed by atoms with van der Waals surface area (Å²) in [5.41, 5.74) is 1.25. The molecule has 0 fully saturated rings. The monoisotopic (exact) mass is 299 g/mol. The second-order valence-corrected chi connectivity index (χ2v) is 5.52. The lowest BCUT2D eigenvalue weighted by Gasteiger charge is -2.06. The Bertz CT molecular complexity index is 798. The molecule has 1 heterocycles. The van der Waals surface area contributed by atoms with E-state index in [4.69, 9.17) is 0 Å². The van der Waals surface area contributed by atoms with Gasteiger partial charge >= 0.3 is 5.97 Å². The molecule has 1 N–H and O–H groups in total. The van der Waals surface area contributed by atoms with Gasteiger partial charge in [0.2, 0.25) is 0 Å². The minimum Gasteiger partial charge on any atom is -0.478 e. The van der Waals surface area contributed by atoms with E-state index in [1.54, 1.807) is 18.2 Å². The number of nitro benzene ring substituents is 1. The molecule has 0 saturated heterocycles. The van der Waals surface area contributed by atoms with Crippen LogP contribution in [0.3, 0.4) is 0 Å². The fourth-order valence-electron chi connectivity index (χ4n) is 2.16. The molecule has 0 aliphatic carbocycles. The summed E-state index contributed by atoms with van der Waals surface area (Å²) >= 11 is 1.41. The fraction of sp³-hybridized carbons (Fsp3) is 0. The molecule has 3 rings (SSSR count). The number of carboxylic acid groups (broad SMARTS) is 1. The molecule has 104 valence electrons. The molecule has 5 nitrogen and oxygen atoms in total. The molecule has 0 bridgehead atoms. The highest BCUT2D eigenvalue weighted by molar-refractivity contribution is 7.99. The van der Waals surface area contributed by atoms with Gasteiger partial charge in [-0.3, -0.25) is 10.1 Å². The van der Waals surface area contributed by atoms with Crippen LogP contribution in [0.2, 0.25) is 0 Å². The van der Waals surface area contributed by atoms with Crippen molar-refractivity contribution in [1.29, 1.82) is 0 Å². The van der Waals surface area contributed by atoms with Crippen LogP contribution in [0.15, 0.2) is 52.3 Å². The summed E-state index contributed by atoms with van der Waals surface area (Å²) in [5.74, 6) is -1.05. The molecule has 2 aromatic carbocycles. The van der Waals surface area contributed by atoms with Gasteiger partial charge in [-0.15, -0.1) is 0 Å². The van der Waals surface area contributed by atoms with E-state index in [-0.39, 0.29) is 11.3 Å². The van der Waals surface area contributed by atoms with Crippen molar-refractivity contribution in [3.05, 3.63) is 63.7 Å². The molecule has 0 atom stereocenters. The summed E-state index contributed by atoms with van der Waals surface area (Å²) in [7, 11) is 0. The molecular weight excluding hydrogens is 290 g/mol. The molecule has 0 saturated carbocycles. The normalized spacial score (nSPS) is 12.7. The van der Waals surface area contributed by atoms with Crippen molar-refractivity contribution < 1.29 is 14.8 Å². The van der Waals surface area contributed by atoms with E-state index < -0.39 is 10.9 Å². The summed E-state index contributed by atoms with van der Waals surface area (Å²) in [6.45, 7) is 0. The standard InChI is InChI=1S/C15H9NO4S/c17-15(18)12-8-9-7-10(16(19)20)5-6-13(9)21-14-4-2-1-3-11(12)14/h1-8H,(H,17,18). The number of benzene rings is 2. The SMILES string of the molecule is O=C(O)C1=Cc2cc([N+](=O)[O-])ccc2Sc2ccccc21. The Morgan fingerprint density at radius 1 is 1.14 bits per heavy atom. The van der Waals surface area contributed by atoms with Crippen molar-refractivity contribution >= 4 is 35.1 Å². The van der Waals surface area contributed by atoms with Crippen LogP contribution in [-0.4, -0.2) is 16.0 Å². The third kappa shape index (κ3) is 2.41. The van der Waals surface area contributed by atoms with Crippen LogP contribution < -0.4 is 0 Å². The van der Waals surface area contributed by atoms with Crippen molar-refractivity contribution in [3.63, 3.8) is 0 Å². The summed E-state index contributed by atoms with van der Waals surface area (Å²) in [4.78, 5) is 23.5. The Hall–Kier alpha value is -2.60. The van der Waals surface area contributed by atoms with Gasteiger partial charge in [-0.25, -0.2) is 4.79 Å². The maximum Gasteiger partial charge on any atom is 0.336 e. The number of aliphatic carboxylic acids is 1. The number of nitrogens with zero attached hydrogens (tertiary/aromatic N) is 1. The fourth-order valence-corrected chi connectivity index (χ4v) is 3.21. The molecule has 0 spiro atoms. The molecule has 1 aliphatic heterocycles. The topological polar surface area (TPSA) is 80.4 Å². The highest BCUT2D eigenvalue weighted by Crippen LogP contribution is 2.41. The maximum atomic E-state index is 11.5. The lowest BCUT2D eigenvalue weighted by Crippen LogP contribution is -1.99. The van der Waals surface area contributed by atoms with Gasteiger partial charge in [0, 0.05) is 27.5 Å². The zero-order valence-corrected chi connectivity index (χ0v) is 11.5. The van der Waals surface area contributed by atoms with E-state index in [9.17, 15) is 20.0 Å². The zero-order chi connectivity index (χ0) is 15.0. The zero-order valence-electron chi connectivity index (χ0n) is 10.6. The Morgan fingerprint density at radius 3 is 2.62 bits per heavy atom. The number of fused-ring (bicyclic) bond motifs is 2. The minimum absolute atomic E-state index is 0.0544. The first-order chi connectivity index (χ1) is 10.1. The van der Waals surface area contributed by atoms with Gasteiger partial charge in [-0.05, 0) is 23.8 Å². The Labute approximate surface area is 124 Å². The third-order valence-electron chi connectivity index (χ3n) is 3.13. The Balaban J connectivity index is 2.25. The highest BCUT2D eigenvalue weighted by atomic mass is 32.2. The van der Waals surface area contributed by atoms with Crippen molar-refractivity contribution in [2.75, 3.05) is 0 Å². The summed E-state index contributed by atoms with van der Waals surface area (Å²) in [6, 6.07) is 11.7. The van der Waals surface area contributed by atoms with Gasteiger partial charge in [0.15, 0.2) is 0 Å². The smallest absolute Gasteiger partial charge is 0.336 e. The van der Waals surface area contributed by atoms with Crippen LogP contribution >= 0.6 is 11.8 Å². The van der Waals surface area contributed by atoms with E-state index in [1.165, 1.54) is 30.0 Å². The maximum absolute atomic E-state index is 11.5. The first kappa shape index (κ1) is 13.4. The number of carbonyl (C=O) groups is 1. The number of rotatable bonds is 2. The average molecular weight is 299 g/mol. The van der Waals surface area contributed by atoms with Crippen LogP contribution in [0.1, 0.15) is 11.1 Å². The van der Waals surface area contributed by atoms with Crippen LogP contribution in [0.25, 0.3) is 11.6 Å². The van der Waals surface area contributed by atoms with Crippen LogP contribution in [0.5, 0.6) is 0 Å². The van der Waals surface area contributed by atoms with E-state index in [0.29, 0.717) is 11.1 Å². The van der Waals surface area contributed by atoms with Gasteiger partial charge in [0.1, 0.15) is 0 Å². The third-order valence-corrected chi connectivity index (χ3v) is 4.30. The molecule has 2 aromatic rings. The molecule has 0 unspecified atom stereocenters. The number of carboxylic acids is 1. The molecule has 0 aromatic heterocycles. The summed E-state index contributed by atoms with van der Waals surface area (Å²) < 4.78 is 0. The lowest BCUT2D eigenvalue weighted by molar-refractivity contribution is -0.384. The summed E-state index contributed by atoms with van der Waals surface area (Å²) in [6.07, 6.45) is 1.49. The largest absolute Gasteiger partial charge is 0.478 e. The molecule has 0 amide bonds. The predicted octanol–water partition coefficient (Wildman–Crippen LogP) is 3.68. The summed E-state index contributed by atoms with van der Waals surface area (Å²) in [5, 5.41) is 20.3. The average Bonchev–Trinajstić information content (AvgIpc) is 2.62. The number of non-ortho nitro benzene ring substituents is 1. The van der Waals surface area contributed by atoms with Crippen LogP contribution in [0.4, 0.5) is 5.69 Å². The number of hydrogen-bond donors (Lipinski definition) is 1. The molecule has 0 radical (unpaired) electrons. The van der Waals surface area contributed by atoms with E-state index >= 15 is 0 Å². The lowest BCUT2D eigenvalue weighted by atomic mass is 10.0. The first-order valence-electron chi connectivity index (χ1n) is 6.07. The highest BCUT2D eigenvalue weighted by Gasteiger charge is 2.21.